The van der Waals surface area contributed by atoms with Crippen LogP contribution in [0.25, 0.3) is 0 Å². The van der Waals surface area contributed by atoms with Crippen molar-refractivity contribution in [2.24, 2.45) is 0 Å². The molecule has 0 saturated heterocycles. The summed E-state index contributed by atoms with van der Waals surface area (Å²) in [5.41, 5.74) is 0. The van der Waals surface area contributed by atoms with Crippen molar-refractivity contribution in [3.63, 3.8) is 0 Å². The molecule has 0 amide bonds. The number of nitrogens with zero attached hydrogens (tertiary/aromatic N) is 4. The lowest BCUT2D eigenvalue weighted by Gasteiger charge is -2.28. The smallest absolute Gasteiger partial charge is 0.321 e. The zero-order chi connectivity index (χ0) is 10.5. The van der Waals surface area contributed by atoms with Crippen LogP contribution in [-0.2, 0) is 0 Å². The zero-order valence-electron chi connectivity index (χ0n) is 6.97. The molecule has 1 atom stereocenters. The standard InChI is InChI=1S/C7H8N4O2/c1-6(4-9)11(3-2-8)7(12,13)5-10/h6,12-13H,3H2,1H3. The molecule has 0 aliphatic rings. The largest absolute Gasteiger partial charge is 0.341 e. The Labute approximate surface area is 75.5 Å². The fraction of sp³-hybridized carbons (Fsp3) is 0.571. The molecule has 0 bridgehead atoms. The van der Waals surface area contributed by atoms with Crippen molar-refractivity contribution in [3.05, 3.63) is 0 Å². The van der Waals surface area contributed by atoms with Gasteiger partial charge in [-0.25, -0.2) is 4.90 Å². The van der Waals surface area contributed by atoms with Gasteiger partial charge >= 0.3 is 5.91 Å². The second-order valence-corrected chi connectivity index (χ2v) is 2.34. The molecule has 13 heavy (non-hydrogen) atoms. The number of nitriles is 3. The van der Waals surface area contributed by atoms with Crippen LogP contribution in [0.4, 0.5) is 0 Å². The fourth-order valence-corrected chi connectivity index (χ4v) is 0.727. The van der Waals surface area contributed by atoms with Crippen LogP contribution in [0.1, 0.15) is 6.92 Å². The van der Waals surface area contributed by atoms with E-state index in [2.05, 4.69) is 0 Å². The summed E-state index contributed by atoms with van der Waals surface area (Å²) in [6.07, 6.45) is 0. The molecule has 6 heteroatoms. The third kappa shape index (κ3) is 2.70. The Morgan fingerprint density at radius 2 is 1.92 bits per heavy atom. The van der Waals surface area contributed by atoms with E-state index in [1.165, 1.54) is 13.0 Å². The molecule has 0 heterocycles. The normalized spacial score (nSPS) is 12.7. The number of rotatable bonds is 3. The van der Waals surface area contributed by atoms with Crippen LogP contribution in [-0.4, -0.2) is 33.6 Å². The van der Waals surface area contributed by atoms with Gasteiger partial charge in [0.15, 0.2) is 0 Å². The zero-order valence-corrected chi connectivity index (χ0v) is 6.97. The van der Waals surface area contributed by atoms with Gasteiger partial charge in [0.2, 0.25) is 0 Å². The van der Waals surface area contributed by atoms with Crippen LogP contribution in [0, 0.1) is 34.0 Å². The van der Waals surface area contributed by atoms with E-state index in [9.17, 15) is 0 Å². The Kier molecular flexibility index (Phi) is 3.84. The first-order chi connectivity index (χ1) is 5.99. The van der Waals surface area contributed by atoms with Crippen molar-refractivity contribution in [1.82, 2.24) is 4.90 Å². The molecular weight excluding hydrogens is 172 g/mol. The van der Waals surface area contributed by atoms with Crippen molar-refractivity contribution in [1.29, 1.82) is 15.8 Å². The van der Waals surface area contributed by atoms with Gasteiger partial charge < -0.3 is 10.2 Å². The Balaban J connectivity index is 4.77. The molecule has 0 aliphatic heterocycles. The summed E-state index contributed by atoms with van der Waals surface area (Å²) in [5, 5.41) is 43.2. The minimum absolute atomic E-state index is 0.407. The van der Waals surface area contributed by atoms with Gasteiger partial charge in [0.25, 0.3) is 0 Å². The van der Waals surface area contributed by atoms with Crippen molar-refractivity contribution in [2.45, 2.75) is 18.9 Å². The molecular formula is C7H8N4O2. The van der Waals surface area contributed by atoms with Gasteiger partial charge in [-0.2, -0.15) is 15.8 Å². The minimum Gasteiger partial charge on any atom is -0.341 e. The lowest BCUT2D eigenvalue weighted by atomic mass is 10.2. The second-order valence-electron chi connectivity index (χ2n) is 2.34. The fourth-order valence-electron chi connectivity index (χ4n) is 0.727. The molecule has 0 aliphatic carbocycles. The Morgan fingerprint density at radius 1 is 1.38 bits per heavy atom. The third-order valence-electron chi connectivity index (χ3n) is 1.45. The summed E-state index contributed by atoms with van der Waals surface area (Å²) >= 11 is 0. The summed E-state index contributed by atoms with van der Waals surface area (Å²) in [7, 11) is 0. The summed E-state index contributed by atoms with van der Waals surface area (Å²) in [4.78, 5) is 0.674. The first-order valence-electron chi connectivity index (χ1n) is 3.39. The maximum absolute atomic E-state index is 9.03. The molecule has 1 unspecified atom stereocenters. The molecule has 0 fully saturated rings. The highest BCUT2D eigenvalue weighted by Crippen LogP contribution is 2.10. The van der Waals surface area contributed by atoms with Crippen molar-refractivity contribution < 1.29 is 10.2 Å². The molecule has 0 rings (SSSR count). The van der Waals surface area contributed by atoms with Crippen LogP contribution in [0.5, 0.6) is 0 Å². The van der Waals surface area contributed by atoms with Crippen LogP contribution >= 0.6 is 0 Å². The van der Waals surface area contributed by atoms with E-state index in [0.717, 1.165) is 0 Å². The first-order valence-corrected chi connectivity index (χ1v) is 3.39. The van der Waals surface area contributed by atoms with Gasteiger partial charge in [0, 0.05) is 0 Å². The predicted octanol–water partition coefficient (Wildman–Crippen LogP) is -1.11. The van der Waals surface area contributed by atoms with Crippen LogP contribution in [0.3, 0.4) is 0 Å². The van der Waals surface area contributed by atoms with E-state index >= 15 is 0 Å². The maximum Gasteiger partial charge on any atom is 0.321 e. The molecule has 0 aromatic rings. The van der Waals surface area contributed by atoms with Crippen LogP contribution in [0.2, 0.25) is 0 Å². The Morgan fingerprint density at radius 3 is 2.23 bits per heavy atom. The van der Waals surface area contributed by atoms with Crippen molar-refractivity contribution >= 4 is 0 Å². The van der Waals surface area contributed by atoms with E-state index in [-0.39, 0.29) is 0 Å². The predicted molar refractivity (Wildman–Crippen MR) is 40.2 cm³/mol. The molecule has 0 saturated carbocycles. The highest BCUT2D eigenvalue weighted by atomic mass is 16.5. The second kappa shape index (κ2) is 4.39. The molecule has 0 radical (unpaired) electrons. The summed E-state index contributed by atoms with van der Waals surface area (Å²) in [5.74, 6) is -2.77. The van der Waals surface area contributed by atoms with Gasteiger partial charge in [0.05, 0.1) is 18.7 Å². The maximum atomic E-state index is 9.03. The highest BCUT2D eigenvalue weighted by molar-refractivity contribution is 5.01. The molecule has 2 N–H and O–H groups in total. The summed E-state index contributed by atoms with van der Waals surface area (Å²) in [6.45, 7) is 0.950. The van der Waals surface area contributed by atoms with E-state index in [1.807, 2.05) is 0 Å². The quantitative estimate of drug-likeness (QED) is 0.323. The first kappa shape index (κ1) is 11.4. The molecule has 0 spiro atoms. The average Bonchev–Trinajstić information content (AvgIpc) is 2.12. The average molecular weight is 180 g/mol. The van der Waals surface area contributed by atoms with Gasteiger partial charge in [0.1, 0.15) is 12.1 Å². The topological polar surface area (TPSA) is 115 Å². The lowest BCUT2D eigenvalue weighted by molar-refractivity contribution is -0.222. The number of hydrogen-bond donors (Lipinski definition) is 2. The minimum atomic E-state index is -2.77. The van der Waals surface area contributed by atoms with E-state index in [4.69, 9.17) is 26.0 Å². The van der Waals surface area contributed by atoms with E-state index < -0.39 is 18.5 Å². The Hall–Kier alpha value is -1.65. The third-order valence-corrected chi connectivity index (χ3v) is 1.45. The Bertz CT molecular complexity index is 293. The van der Waals surface area contributed by atoms with Gasteiger partial charge in [-0.1, -0.05) is 0 Å². The summed E-state index contributed by atoms with van der Waals surface area (Å²) in [6, 6.07) is 3.58. The lowest BCUT2D eigenvalue weighted by Crippen LogP contribution is -2.51. The highest BCUT2D eigenvalue weighted by Gasteiger charge is 2.35. The van der Waals surface area contributed by atoms with E-state index in [0.29, 0.717) is 4.90 Å². The monoisotopic (exact) mass is 180 g/mol. The number of hydrogen-bond acceptors (Lipinski definition) is 6. The van der Waals surface area contributed by atoms with Gasteiger partial charge in [-0.3, -0.25) is 0 Å². The number of aliphatic hydroxyl groups is 2. The summed E-state index contributed by atoms with van der Waals surface area (Å²) < 4.78 is 0. The molecule has 0 aromatic heterocycles. The SMILES string of the molecule is CC(C#N)N(CC#N)C(O)(O)C#N. The molecule has 6 nitrogen and oxygen atoms in total. The van der Waals surface area contributed by atoms with Gasteiger partial charge in [-0.15, -0.1) is 0 Å². The molecule has 0 aromatic carbocycles. The van der Waals surface area contributed by atoms with E-state index in [1.54, 1.807) is 12.1 Å². The van der Waals surface area contributed by atoms with Crippen molar-refractivity contribution in [3.8, 4) is 18.2 Å². The molecule has 68 valence electrons. The van der Waals surface area contributed by atoms with Crippen molar-refractivity contribution in [2.75, 3.05) is 6.54 Å². The van der Waals surface area contributed by atoms with Crippen LogP contribution in [0.15, 0.2) is 0 Å². The van der Waals surface area contributed by atoms with Crippen LogP contribution < -0.4 is 0 Å². The van der Waals surface area contributed by atoms with Gasteiger partial charge in [-0.05, 0) is 6.92 Å².